The molecular formula is C4H11NO5S. The van der Waals surface area contributed by atoms with Crippen LogP contribution in [0.25, 0.3) is 0 Å². The van der Waals surface area contributed by atoms with Gasteiger partial charge in [0.25, 0.3) is 10.1 Å². The van der Waals surface area contributed by atoms with Gasteiger partial charge in [0.1, 0.15) is 5.88 Å². The Balaban J connectivity index is 3.69. The molecule has 0 atom stereocenters. The highest BCUT2D eigenvalue weighted by atomic mass is 32.2. The van der Waals surface area contributed by atoms with Crippen molar-refractivity contribution in [2.75, 3.05) is 19.1 Å². The topological polar surface area (TPSA) is 107 Å². The Hall–Kier alpha value is -0.210. The summed E-state index contributed by atoms with van der Waals surface area (Å²) in [4.78, 5) is 0. The third kappa shape index (κ3) is 6.20. The van der Waals surface area contributed by atoms with Crippen LogP contribution in [0.4, 0.5) is 0 Å². The summed E-state index contributed by atoms with van der Waals surface area (Å²) in [6.07, 6.45) is 0. The van der Waals surface area contributed by atoms with Gasteiger partial charge in [-0.15, -0.1) is 0 Å². The van der Waals surface area contributed by atoms with Crippen molar-refractivity contribution in [1.29, 1.82) is 0 Å². The normalized spacial score (nSPS) is 12.4. The molecule has 0 aromatic rings. The van der Waals surface area contributed by atoms with Crippen molar-refractivity contribution in [1.82, 2.24) is 5.32 Å². The maximum Gasteiger partial charge on any atom is 0.278 e. The van der Waals surface area contributed by atoms with Gasteiger partial charge in [-0.25, -0.2) is 0 Å². The van der Waals surface area contributed by atoms with Crippen LogP contribution >= 0.6 is 0 Å². The molecule has 0 saturated carbocycles. The van der Waals surface area contributed by atoms with E-state index in [1.165, 1.54) is 0 Å². The summed E-state index contributed by atoms with van der Waals surface area (Å²) in [5.41, 5.74) is 0. The highest BCUT2D eigenvalue weighted by molar-refractivity contribution is 7.85. The average Bonchev–Trinajstić information content (AvgIpc) is 1.88. The molecule has 0 spiro atoms. The van der Waals surface area contributed by atoms with Crippen LogP contribution in [0.5, 0.6) is 0 Å². The van der Waals surface area contributed by atoms with Crippen molar-refractivity contribution >= 4 is 10.1 Å². The summed E-state index contributed by atoms with van der Waals surface area (Å²) in [5, 5.41) is 19.1. The molecule has 0 unspecified atom stereocenters. The molecule has 68 valence electrons. The average molecular weight is 185 g/mol. The predicted octanol–water partition coefficient (Wildman–Crippen LogP) is -2.23. The number of aliphatic hydroxyl groups excluding tert-OH is 2. The number of hydrogen-bond acceptors (Lipinski definition) is 5. The molecule has 0 fully saturated rings. The van der Waals surface area contributed by atoms with Gasteiger partial charge in [0.2, 0.25) is 0 Å². The molecule has 0 aliphatic carbocycles. The van der Waals surface area contributed by atoms with Crippen molar-refractivity contribution in [2.45, 2.75) is 6.04 Å². The van der Waals surface area contributed by atoms with E-state index in [1.54, 1.807) is 0 Å². The van der Waals surface area contributed by atoms with E-state index < -0.39 is 22.0 Å². The van der Waals surface area contributed by atoms with Gasteiger partial charge in [-0.1, -0.05) is 0 Å². The summed E-state index contributed by atoms with van der Waals surface area (Å²) in [7, 11) is -4.07. The van der Waals surface area contributed by atoms with Gasteiger partial charge >= 0.3 is 0 Å². The first-order valence-electron chi connectivity index (χ1n) is 2.90. The van der Waals surface area contributed by atoms with E-state index in [0.29, 0.717) is 0 Å². The van der Waals surface area contributed by atoms with Gasteiger partial charge in [-0.3, -0.25) is 9.87 Å². The molecule has 0 aliphatic heterocycles. The first kappa shape index (κ1) is 10.8. The Morgan fingerprint density at radius 1 is 1.27 bits per heavy atom. The fraction of sp³-hybridized carbons (Fsp3) is 1.00. The summed E-state index contributed by atoms with van der Waals surface area (Å²) < 4.78 is 28.4. The SMILES string of the molecule is O=S(=O)(O)CNC(CO)CO. The van der Waals surface area contributed by atoms with Gasteiger partial charge in [-0.2, -0.15) is 8.42 Å². The smallest absolute Gasteiger partial charge is 0.278 e. The molecule has 0 bridgehead atoms. The van der Waals surface area contributed by atoms with Gasteiger partial charge < -0.3 is 10.2 Å². The van der Waals surface area contributed by atoms with Crippen molar-refractivity contribution < 1.29 is 23.2 Å². The molecule has 4 N–H and O–H groups in total. The molecular weight excluding hydrogens is 174 g/mol. The van der Waals surface area contributed by atoms with Gasteiger partial charge in [0.15, 0.2) is 0 Å². The van der Waals surface area contributed by atoms with Crippen LogP contribution in [-0.2, 0) is 10.1 Å². The van der Waals surface area contributed by atoms with Crippen molar-refractivity contribution in [3.05, 3.63) is 0 Å². The molecule has 0 heterocycles. The molecule has 0 rings (SSSR count). The van der Waals surface area contributed by atoms with E-state index in [9.17, 15) is 8.42 Å². The minimum atomic E-state index is -4.07. The first-order valence-corrected chi connectivity index (χ1v) is 4.50. The lowest BCUT2D eigenvalue weighted by Crippen LogP contribution is -2.38. The van der Waals surface area contributed by atoms with Crippen LogP contribution in [0.15, 0.2) is 0 Å². The largest absolute Gasteiger partial charge is 0.395 e. The molecule has 0 aromatic heterocycles. The summed E-state index contributed by atoms with van der Waals surface area (Å²) in [6, 6.07) is -0.711. The number of rotatable bonds is 5. The molecule has 0 aliphatic rings. The second kappa shape index (κ2) is 4.62. The van der Waals surface area contributed by atoms with Crippen LogP contribution < -0.4 is 5.32 Å². The number of hydrogen-bond donors (Lipinski definition) is 4. The van der Waals surface area contributed by atoms with E-state index >= 15 is 0 Å². The predicted molar refractivity (Wildman–Crippen MR) is 37.5 cm³/mol. The first-order chi connectivity index (χ1) is 4.99. The quantitative estimate of drug-likeness (QED) is 0.361. The highest BCUT2D eigenvalue weighted by Gasteiger charge is 2.09. The van der Waals surface area contributed by atoms with Crippen molar-refractivity contribution in [3.63, 3.8) is 0 Å². The van der Waals surface area contributed by atoms with E-state index in [0.717, 1.165) is 0 Å². The maximum absolute atomic E-state index is 10.1. The number of nitrogens with one attached hydrogen (secondary N) is 1. The second-order valence-corrected chi connectivity index (χ2v) is 3.44. The van der Waals surface area contributed by atoms with E-state index in [1.807, 2.05) is 0 Å². The van der Waals surface area contributed by atoms with Crippen LogP contribution in [0.1, 0.15) is 0 Å². The maximum atomic E-state index is 10.1. The van der Waals surface area contributed by atoms with Gasteiger partial charge in [0, 0.05) is 0 Å². The third-order valence-electron chi connectivity index (χ3n) is 0.995. The van der Waals surface area contributed by atoms with E-state index in [2.05, 4.69) is 5.32 Å². The molecule has 0 radical (unpaired) electrons. The molecule has 11 heavy (non-hydrogen) atoms. The van der Waals surface area contributed by atoms with Crippen LogP contribution in [0.3, 0.4) is 0 Å². The summed E-state index contributed by atoms with van der Waals surface area (Å²) in [5.74, 6) is -0.668. The lowest BCUT2D eigenvalue weighted by Gasteiger charge is -2.10. The number of aliphatic hydroxyl groups is 2. The highest BCUT2D eigenvalue weighted by Crippen LogP contribution is 1.82. The van der Waals surface area contributed by atoms with Crippen molar-refractivity contribution in [2.24, 2.45) is 0 Å². The standard InChI is InChI=1S/C4H11NO5S/c6-1-4(2-7)5-3-11(8,9)10/h4-7H,1-3H2,(H,8,9,10). The third-order valence-corrected chi connectivity index (χ3v) is 1.53. The lowest BCUT2D eigenvalue weighted by atomic mass is 10.3. The van der Waals surface area contributed by atoms with Crippen LogP contribution in [0, 0.1) is 0 Å². The van der Waals surface area contributed by atoms with Crippen LogP contribution in [-0.4, -0.2) is 48.3 Å². The Bertz CT molecular complexity index is 185. The minimum absolute atomic E-state index is 0.383. The Kier molecular flexibility index (Phi) is 4.54. The van der Waals surface area contributed by atoms with Gasteiger partial charge in [-0.05, 0) is 0 Å². The fourth-order valence-corrected chi connectivity index (χ4v) is 0.856. The molecule has 0 saturated heterocycles. The second-order valence-electron chi connectivity index (χ2n) is 1.99. The Morgan fingerprint density at radius 2 is 1.73 bits per heavy atom. The molecule has 6 nitrogen and oxygen atoms in total. The summed E-state index contributed by atoms with van der Waals surface area (Å²) in [6.45, 7) is -0.766. The zero-order valence-electron chi connectivity index (χ0n) is 5.77. The van der Waals surface area contributed by atoms with E-state index in [4.69, 9.17) is 14.8 Å². The molecule has 0 amide bonds. The van der Waals surface area contributed by atoms with E-state index in [-0.39, 0.29) is 13.2 Å². The van der Waals surface area contributed by atoms with Crippen LogP contribution in [0.2, 0.25) is 0 Å². The van der Waals surface area contributed by atoms with Gasteiger partial charge in [0.05, 0.1) is 19.3 Å². The Morgan fingerprint density at radius 3 is 2.00 bits per heavy atom. The zero-order chi connectivity index (χ0) is 8.91. The zero-order valence-corrected chi connectivity index (χ0v) is 6.58. The molecule has 7 heteroatoms. The Labute approximate surface area is 64.6 Å². The monoisotopic (exact) mass is 185 g/mol. The molecule has 0 aromatic carbocycles. The summed E-state index contributed by atoms with van der Waals surface area (Å²) >= 11 is 0. The fourth-order valence-electron chi connectivity index (χ4n) is 0.410. The minimum Gasteiger partial charge on any atom is -0.395 e. The van der Waals surface area contributed by atoms with Crippen molar-refractivity contribution in [3.8, 4) is 0 Å². The lowest BCUT2D eigenvalue weighted by molar-refractivity contribution is 0.175.